The van der Waals surface area contributed by atoms with Crippen LogP contribution >= 0.6 is 0 Å². The fraction of sp³-hybridized carbons (Fsp3) is 0.562. The molecule has 7 heteroatoms. The zero-order valence-electron chi connectivity index (χ0n) is 13.0. The number of sulfonamides is 1. The standard InChI is InChI=1S/C16H23N3O3S/c17-23(21,22)15-5-1-11(2-6-15)10-18-16(20)9-12-7-13-3-4-14(8-12)19-13/h1-2,5-6,12-14,19H,3-4,7-10H2,(H,18,20)(H2,17,21,22). The Morgan fingerprint density at radius 2 is 1.78 bits per heavy atom. The molecule has 0 aromatic heterocycles. The van der Waals surface area contributed by atoms with Crippen LogP contribution in [0.1, 0.15) is 37.7 Å². The number of nitrogens with two attached hydrogens (primary N) is 1. The van der Waals surface area contributed by atoms with Crippen molar-refractivity contribution < 1.29 is 13.2 Å². The molecule has 2 atom stereocenters. The predicted octanol–water partition coefficient (Wildman–Crippen LogP) is 0.871. The van der Waals surface area contributed by atoms with Crippen LogP contribution in [0.5, 0.6) is 0 Å². The van der Waals surface area contributed by atoms with Crippen molar-refractivity contribution in [3.05, 3.63) is 29.8 Å². The summed E-state index contributed by atoms with van der Waals surface area (Å²) in [4.78, 5) is 12.2. The lowest BCUT2D eigenvalue weighted by Gasteiger charge is -2.28. The molecular weight excluding hydrogens is 314 g/mol. The van der Waals surface area contributed by atoms with Gasteiger partial charge in [0.25, 0.3) is 0 Å². The Kier molecular flexibility index (Phi) is 4.70. The van der Waals surface area contributed by atoms with Gasteiger partial charge in [-0.3, -0.25) is 4.79 Å². The molecule has 2 saturated heterocycles. The lowest BCUT2D eigenvalue weighted by atomic mass is 9.89. The molecule has 6 nitrogen and oxygen atoms in total. The first-order chi connectivity index (χ1) is 10.9. The number of primary sulfonamides is 1. The van der Waals surface area contributed by atoms with Gasteiger partial charge < -0.3 is 10.6 Å². The Balaban J connectivity index is 1.47. The van der Waals surface area contributed by atoms with Gasteiger partial charge in [0.05, 0.1) is 4.90 Å². The van der Waals surface area contributed by atoms with Crippen LogP contribution in [0.4, 0.5) is 0 Å². The zero-order valence-corrected chi connectivity index (χ0v) is 13.8. The molecule has 2 aliphatic heterocycles. The summed E-state index contributed by atoms with van der Waals surface area (Å²) in [6, 6.07) is 7.45. The zero-order chi connectivity index (χ0) is 16.4. The molecule has 2 aliphatic rings. The van der Waals surface area contributed by atoms with E-state index in [0.717, 1.165) is 18.4 Å². The number of hydrogen-bond acceptors (Lipinski definition) is 4. The highest BCUT2D eigenvalue weighted by Crippen LogP contribution is 2.32. The molecule has 2 unspecified atom stereocenters. The number of carbonyl (C=O) groups is 1. The predicted molar refractivity (Wildman–Crippen MR) is 86.9 cm³/mol. The second-order valence-electron chi connectivity index (χ2n) is 6.65. The highest BCUT2D eigenvalue weighted by molar-refractivity contribution is 7.89. The Morgan fingerprint density at radius 1 is 1.17 bits per heavy atom. The molecule has 2 bridgehead atoms. The SMILES string of the molecule is NS(=O)(=O)c1ccc(CNC(=O)CC2CC3CCC(C2)N3)cc1. The van der Waals surface area contributed by atoms with E-state index < -0.39 is 10.0 Å². The maximum Gasteiger partial charge on any atom is 0.238 e. The van der Waals surface area contributed by atoms with Crippen LogP contribution < -0.4 is 15.8 Å². The van der Waals surface area contributed by atoms with Crippen LogP contribution in [0, 0.1) is 5.92 Å². The van der Waals surface area contributed by atoms with Gasteiger partial charge in [0.1, 0.15) is 0 Å². The molecular formula is C16H23N3O3S. The van der Waals surface area contributed by atoms with E-state index in [9.17, 15) is 13.2 Å². The van der Waals surface area contributed by atoms with Crippen molar-refractivity contribution in [3.63, 3.8) is 0 Å². The normalized spacial score (nSPS) is 26.9. The van der Waals surface area contributed by atoms with Gasteiger partial charge in [0, 0.05) is 25.0 Å². The minimum atomic E-state index is -3.67. The van der Waals surface area contributed by atoms with Crippen molar-refractivity contribution in [2.75, 3.05) is 0 Å². The van der Waals surface area contributed by atoms with Crippen LogP contribution in [0.15, 0.2) is 29.2 Å². The first kappa shape index (κ1) is 16.4. The van der Waals surface area contributed by atoms with Crippen LogP contribution in [0.2, 0.25) is 0 Å². The van der Waals surface area contributed by atoms with Crippen molar-refractivity contribution in [1.82, 2.24) is 10.6 Å². The fourth-order valence-corrected chi connectivity index (χ4v) is 4.19. The third kappa shape index (κ3) is 4.31. The van der Waals surface area contributed by atoms with E-state index in [1.807, 2.05) is 0 Å². The maximum absolute atomic E-state index is 12.1. The Hall–Kier alpha value is -1.44. The number of rotatable bonds is 5. The number of nitrogens with one attached hydrogen (secondary N) is 2. The summed E-state index contributed by atoms with van der Waals surface area (Å²) in [6.07, 6.45) is 5.22. The lowest BCUT2D eigenvalue weighted by molar-refractivity contribution is -0.122. The van der Waals surface area contributed by atoms with E-state index in [1.54, 1.807) is 12.1 Å². The average molecular weight is 337 g/mol. The molecule has 0 radical (unpaired) electrons. The van der Waals surface area contributed by atoms with Gasteiger partial charge in [-0.15, -0.1) is 0 Å². The maximum atomic E-state index is 12.1. The number of piperidine rings is 1. The molecule has 2 fully saturated rings. The third-order valence-corrected chi connectivity index (χ3v) is 5.72. The van der Waals surface area contributed by atoms with Crippen molar-refractivity contribution in [2.24, 2.45) is 11.1 Å². The van der Waals surface area contributed by atoms with Crippen LogP contribution in [-0.2, 0) is 21.4 Å². The van der Waals surface area contributed by atoms with E-state index in [1.165, 1.54) is 25.0 Å². The largest absolute Gasteiger partial charge is 0.352 e. The van der Waals surface area contributed by atoms with Gasteiger partial charge >= 0.3 is 0 Å². The quantitative estimate of drug-likeness (QED) is 0.742. The molecule has 2 heterocycles. The first-order valence-corrected chi connectivity index (χ1v) is 9.59. The molecule has 126 valence electrons. The van der Waals surface area contributed by atoms with E-state index in [4.69, 9.17) is 5.14 Å². The summed E-state index contributed by atoms with van der Waals surface area (Å²) in [7, 11) is -3.67. The van der Waals surface area contributed by atoms with Gasteiger partial charge in [-0.05, 0) is 49.3 Å². The fourth-order valence-electron chi connectivity index (χ4n) is 3.67. The Morgan fingerprint density at radius 3 is 2.35 bits per heavy atom. The highest BCUT2D eigenvalue weighted by atomic mass is 32.2. The monoisotopic (exact) mass is 337 g/mol. The van der Waals surface area contributed by atoms with Crippen molar-refractivity contribution in [1.29, 1.82) is 0 Å². The van der Waals surface area contributed by atoms with Crippen LogP contribution in [0.3, 0.4) is 0 Å². The molecule has 0 aliphatic carbocycles. The van der Waals surface area contributed by atoms with E-state index >= 15 is 0 Å². The van der Waals surface area contributed by atoms with Gasteiger partial charge in [-0.1, -0.05) is 12.1 Å². The molecule has 1 aromatic carbocycles. The Labute approximate surface area is 136 Å². The van der Waals surface area contributed by atoms with Gasteiger partial charge in [0.2, 0.25) is 15.9 Å². The minimum absolute atomic E-state index is 0.0619. The van der Waals surface area contributed by atoms with Crippen LogP contribution in [-0.4, -0.2) is 26.4 Å². The van der Waals surface area contributed by atoms with Crippen molar-refractivity contribution >= 4 is 15.9 Å². The number of fused-ring (bicyclic) bond motifs is 2. The van der Waals surface area contributed by atoms with Gasteiger partial charge in [-0.2, -0.15) is 0 Å². The topological polar surface area (TPSA) is 101 Å². The molecule has 0 spiro atoms. The smallest absolute Gasteiger partial charge is 0.238 e. The summed E-state index contributed by atoms with van der Waals surface area (Å²) in [5.41, 5.74) is 0.858. The van der Waals surface area contributed by atoms with Gasteiger partial charge in [-0.25, -0.2) is 13.6 Å². The first-order valence-electron chi connectivity index (χ1n) is 8.04. The molecule has 0 saturated carbocycles. The lowest BCUT2D eigenvalue weighted by Crippen LogP contribution is -2.39. The van der Waals surface area contributed by atoms with Crippen molar-refractivity contribution in [2.45, 2.75) is 55.6 Å². The number of benzene rings is 1. The average Bonchev–Trinajstić information content (AvgIpc) is 2.83. The molecule has 3 rings (SSSR count). The summed E-state index contributed by atoms with van der Waals surface area (Å²) in [5.74, 6) is 0.533. The third-order valence-electron chi connectivity index (χ3n) is 4.79. The number of hydrogen-bond donors (Lipinski definition) is 3. The summed E-state index contributed by atoms with van der Waals surface area (Å²) < 4.78 is 22.4. The van der Waals surface area contributed by atoms with Gasteiger partial charge in [0.15, 0.2) is 0 Å². The van der Waals surface area contributed by atoms with E-state index in [-0.39, 0.29) is 10.8 Å². The van der Waals surface area contributed by atoms with Crippen LogP contribution in [0.25, 0.3) is 0 Å². The molecule has 23 heavy (non-hydrogen) atoms. The second kappa shape index (κ2) is 6.59. The molecule has 1 aromatic rings. The summed E-state index contributed by atoms with van der Waals surface area (Å²) in [5, 5.41) is 11.6. The van der Waals surface area contributed by atoms with E-state index in [0.29, 0.717) is 31.0 Å². The Bertz CT molecular complexity index is 660. The summed E-state index contributed by atoms with van der Waals surface area (Å²) in [6.45, 7) is 0.404. The number of amides is 1. The molecule has 4 N–H and O–H groups in total. The van der Waals surface area contributed by atoms with Crippen molar-refractivity contribution in [3.8, 4) is 0 Å². The molecule has 1 amide bonds. The minimum Gasteiger partial charge on any atom is -0.352 e. The number of carbonyl (C=O) groups excluding carboxylic acids is 1. The second-order valence-corrected chi connectivity index (χ2v) is 8.21. The summed E-state index contributed by atoms with van der Waals surface area (Å²) >= 11 is 0. The highest BCUT2D eigenvalue weighted by Gasteiger charge is 2.34. The van der Waals surface area contributed by atoms with E-state index in [2.05, 4.69) is 10.6 Å².